The molecule has 0 atom stereocenters. The van der Waals surface area contributed by atoms with Gasteiger partial charge in [-0.25, -0.2) is 0 Å². The number of amides is 1. The van der Waals surface area contributed by atoms with Crippen LogP contribution in [0.1, 0.15) is 10.4 Å². The van der Waals surface area contributed by atoms with Crippen LogP contribution in [0.2, 0.25) is 0 Å². The Morgan fingerprint density at radius 3 is 2.84 bits per heavy atom. The Labute approximate surface area is 110 Å². The Morgan fingerprint density at radius 1 is 1.42 bits per heavy atom. The average Bonchev–Trinajstić information content (AvgIpc) is 2.82. The normalized spacial score (nSPS) is 17.0. The van der Waals surface area contributed by atoms with E-state index in [0.29, 0.717) is 17.1 Å². The molecule has 2 N–H and O–H groups in total. The van der Waals surface area contributed by atoms with Gasteiger partial charge >= 0.3 is 0 Å². The number of piperazine rings is 1. The molecule has 1 aromatic heterocycles. The minimum absolute atomic E-state index is 0.279. The van der Waals surface area contributed by atoms with Crippen molar-refractivity contribution in [3.8, 4) is 0 Å². The van der Waals surface area contributed by atoms with Crippen LogP contribution in [0.3, 0.4) is 0 Å². The van der Waals surface area contributed by atoms with Crippen LogP contribution in [0.4, 0.5) is 6.01 Å². The van der Waals surface area contributed by atoms with Crippen molar-refractivity contribution in [2.24, 2.45) is 5.73 Å². The highest BCUT2D eigenvalue weighted by Gasteiger charge is 2.20. The predicted octanol–water partition coefficient (Wildman–Crippen LogP) is 0.479. The lowest BCUT2D eigenvalue weighted by Crippen LogP contribution is -2.44. The summed E-state index contributed by atoms with van der Waals surface area (Å²) in [5.74, 6) is -0.538. The minimum Gasteiger partial charge on any atom is -0.423 e. The number of anilines is 1. The summed E-state index contributed by atoms with van der Waals surface area (Å²) in [7, 11) is 2.09. The number of rotatable bonds is 2. The van der Waals surface area contributed by atoms with Crippen molar-refractivity contribution in [1.29, 1.82) is 0 Å². The second kappa shape index (κ2) is 4.55. The third kappa shape index (κ3) is 2.15. The molecule has 1 fully saturated rings. The van der Waals surface area contributed by atoms with E-state index in [1.807, 2.05) is 0 Å². The number of benzene rings is 1. The summed E-state index contributed by atoms with van der Waals surface area (Å²) >= 11 is 0. The maximum atomic E-state index is 11.3. The van der Waals surface area contributed by atoms with E-state index in [1.54, 1.807) is 12.1 Å². The lowest BCUT2D eigenvalue weighted by Gasteiger charge is -2.31. The lowest BCUT2D eigenvalue weighted by molar-refractivity contribution is 0.100. The Bertz CT molecular complexity index is 614. The maximum Gasteiger partial charge on any atom is 0.298 e. The quantitative estimate of drug-likeness (QED) is 0.849. The van der Waals surface area contributed by atoms with E-state index in [4.69, 9.17) is 10.2 Å². The van der Waals surface area contributed by atoms with E-state index in [0.717, 1.165) is 26.2 Å². The molecule has 1 radical (unpaired) electrons. The van der Waals surface area contributed by atoms with E-state index in [2.05, 4.69) is 27.9 Å². The molecule has 1 aliphatic heterocycles. The van der Waals surface area contributed by atoms with Crippen molar-refractivity contribution < 1.29 is 9.21 Å². The van der Waals surface area contributed by atoms with Crippen LogP contribution in [0.5, 0.6) is 0 Å². The van der Waals surface area contributed by atoms with Gasteiger partial charge in [0, 0.05) is 26.2 Å². The molecule has 6 nitrogen and oxygen atoms in total. The summed E-state index contributed by atoms with van der Waals surface area (Å²) in [5.41, 5.74) is 6.65. The van der Waals surface area contributed by atoms with E-state index >= 15 is 0 Å². The molecule has 0 aliphatic carbocycles. The zero-order chi connectivity index (χ0) is 13.4. The Kier molecular flexibility index (Phi) is 2.87. The first-order chi connectivity index (χ1) is 9.15. The Balaban J connectivity index is 1.98. The third-order valence-corrected chi connectivity index (χ3v) is 3.36. The number of carbonyl (C=O) groups is 1. The average molecular weight is 259 g/mol. The predicted molar refractivity (Wildman–Crippen MR) is 71.1 cm³/mol. The van der Waals surface area contributed by atoms with Crippen LogP contribution < -0.4 is 10.6 Å². The van der Waals surface area contributed by atoms with Crippen molar-refractivity contribution in [1.82, 2.24) is 9.88 Å². The van der Waals surface area contributed by atoms with Crippen LogP contribution in [-0.2, 0) is 0 Å². The van der Waals surface area contributed by atoms with Crippen LogP contribution in [0.15, 0.2) is 16.5 Å². The van der Waals surface area contributed by atoms with Crippen molar-refractivity contribution in [3.05, 3.63) is 23.8 Å². The highest BCUT2D eigenvalue weighted by atomic mass is 16.4. The summed E-state index contributed by atoms with van der Waals surface area (Å²) in [4.78, 5) is 20.0. The van der Waals surface area contributed by atoms with Crippen molar-refractivity contribution >= 4 is 23.0 Å². The number of aromatic nitrogens is 1. The molecule has 99 valence electrons. The summed E-state index contributed by atoms with van der Waals surface area (Å²) in [6, 6.07) is 6.73. The number of hydrogen-bond donors (Lipinski definition) is 1. The van der Waals surface area contributed by atoms with Crippen molar-refractivity contribution in [3.63, 3.8) is 0 Å². The van der Waals surface area contributed by atoms with Gasteiger partial charge in [0.15, 0.2) is 5.58 Å². The highest BCUT2D eigenvalue weighted by molar-refractivity contribution is 6.03. The number of oxazole rings is 1. The maximum absolute atomic E-state index is 11.3. The molecule has 1 amide bonds. The second-order valence-corrected chi connectivity index (χ2v) is 4.72. The van der Waals surface area contributed by atoms with Gasteiger partial charge in [0.1, 0.15) is 5.52 Å². The number of nitrogens with two attached hydrogens (primary N) is 1. The molecule has 0 spiro atoms. The summed E-state index contributed by atoms with van der Waals surface area (Å²) in [5, 5.41) is 0. The topological polar surface area (TPSA) is 75.6 Å². The third-order valence-electron chi connectivity index (χ3n) is 3.36. The highest BCUT2D eigenvalue weighted by Crippen LogP contribution is 2.24. The first kappa shape index (κ1) is 12.0. The minimum atomic E-state index is -0.538. The number of likely N-dealkylation sites (N-methyl/N-ethyl adjacent to an activating group) is 1. The standard InChI is InChI=1S/C13H15N4O2/c1-16-5-7-17(8-6-16)13-15-11-9(12(14)18)3-2-4-10(11)19-13/h2,4H,5-8H2,1H3,(H2,14,18). The van der Waals surface area contributed by atoms with E-state index in [1.165, 1.54) is 0 Å². The zero-order valence-corrected chi connectivity index (χ0v) is 10.7. The van der Waals surface area contributed by atoms with Gasteiger partial charge in [0.2, 0.25) is 0 Å². The number of hydrogen-bond acceptors (Lipinski definition) is 5. The molecule has 0 saturated carbocycles. The Morgan fingerprint density at radius 2 is 2.16 bits per heavy atom. The number of fused-ring (bicyclic) bond motifs is 1. The molecule has 1 saturated heterocycles. The molecular weight excluding hydrogens is 244 g/mol. The fraction of sp³-hybridized carbons (Fsp3) is 0.385. The lowest BCUT2D eigenvalue weighted by atomic mass is 10.2. The molecular formula is C13H15N4O2. The molecule has 1 aromatic carbocycles. The van der Waals surface area contributed by atoms with Gasteiger partial charge in [-0.2, -0.15) is 4.98 Å². The van der Waals surface area contributed by atoms with E-state index < -0.39 is 5.91 Å². The van der Waals surface area contributed by atoms with Gasteiger partial charge in [-0.1, -0.05) is 0 Å². The molecule has 19 heavy (non-hydrogen) atoms. The second-order valence-electron chi connectivity index (χ2n) is 4.72. The Hall–Kier alpha value is -2.08. The summed E-state index contributed by atoms with van der Waals surface area (Å²) in [6.45, 7) is 3.65. The largest absolute Gasteiger partial charge is 0.423 e. The van der Waals surface area contributed by atoms with E-state index in [-0.39, 0.29) is 5.56 Å². The molecule has 2 heterocycles. The first-order valence-corrected chi connectivity index (χ1v) is 6.19. The number of nitrogens with zero attached hydrogens (tertiary/aromatic N) is 3. The molecule has 0 unspecified atom stereocenters. The summed E-state index contributed by atoms with van der Waals surface area (Å²) in [6.07, 6.45) is 0. The van der Waals surface area contributed by atoms with Gasteiger partial charge in [0.25, 0.3) is 11.9 Å². The van der Waals surface area contributed by atoms with Gasteiger partial charge in [0.05, 0.1) is 5.56 Å². The smallest absolute Gasteiger partial charge is 0.298 e. The van der Waals surface area contributed by atoms with Crippen LogP contribution in [0.25, 0.3) is 11.1 Å². The first-order valence-electron chi connectivity index (χ1n) is 6.19. The fourth-order valence-corrected chi connectivity index (χ4v) is 2.20. The molecule has 6 heteroatoms. The van der Waals surface area contributed by atoms with Gasteiger partial charge in [-0.15, -0.1) is 0 Å². The summed E-state index contributed by atoms with van der Waals surface area (Å²) < 4.78 is 5.70. The monoisotopic (exact) mass is 259 g/mol. The molecule has 2 aromatic rings. The molecule has 1 aliphatic rings. The zero-order valence-electron chi connectivity index (χ0n) is 10.7. The van der Waals surface area contributed by atoms with Crippen molar-refractivity contribution in [2.75, 3.05) is 38.1 Å². The van der Waals surface area contributed by atoms with Crippen LogP contribution in [0, 0.1) is 6.07 Å². The fourth-order valence-electron chi connectivity index (χ4n) is 2.20. The van der Waals surface area contributed by atoms with Gasteiger partial charge in [-0.3, -0.25) is 4.79 Å². The van der Waals surface area contributed by atoms with E-state index in [9.17, 15) is 4.79 Å². The van der Waals surface area contributed by atoms with Crippen molar-refractivity contribution in [2.45, 2.75) is 0 Å². The molecule has 0 bridgehead atoms. The van der Waals surface area contributed by atoms with Crippen LogP contribution in [-0.4, -0.2) is 49.0 Å². The van der Waals surface area contributed by atoms with Gasteiger partial charge < -0.3 is 20.0 Å². The van der Waals surface area contributed by atoms with Crippen LogP contribution >= 0.6 is 0 Å². The van der Waals surface area contributed by atoms with Gasteiger partial charge in [-0.05, 0) is 25.2 Å². The SMILES string of the molecule is CN1CCN(c2nc3c(C(N)=O)[c]ccc3o2)CC1. The number of primary amides is 1. The molecule has 3 rings (SSSR count). The number of carbonyl (C=O) groups excluding carboxylic acids is 1.